The second-order valence-electron chi connectivity index (χ2n) is 5.54. The molecule has 0 aliphatic carbocycles. The Morgan fingerprint density at radius 3 is 2.75 bits per heavy atom. The van der Waals surface area contributed by atoms with Gasteiger partial charge in [-0.25, -0.2) is 9.77 Å². The lowest BCUT2D eigenvalue weighted by Gasteiger charge is -2.16. The molecule has 1 aromatic carbocycles. The van der Waals surface area contributed by atoms with Crippen molar-refractivity contribution in [3.05, 3.63) is 29.0 Å². The van der Waals surface area contributed by atoms with Gasteiger partial charge in [0.25, 0.3) is 5.91 Å². The van der Waals surface area contributed by atoms with Gasteiger partial charge < -0.3 is 4.74 Å². The molecule has 24 heavy (non-hydrogen) atoms. The molecule has 0 spiro atoms. The second-order valence-corrected chi connectivity index (χ2v) is 5.93. The number of ether oxygens (including phenoxy) is 1. The Hall–Kier alpha value is -2.19. The molecule has 0 saturated carbocycles. The van der Waals surface area contributed by atoms with Crippen molar-refractivity contribution in [1.82, 2.24) is 19.8 Å². The maximum absolute atomic E-state index is 12.2. The Labute approximate surface area is 146 Å². The third-order valence-corrected chi connectivity index (χ3v) is 3.84. The van der Waals surface area contributed by atoms with Gasteiger partial charge in [-0.2, -0.15) is 5.10 Å². The second kappa shape index (κ2) is 8.60. The van der Waals surface area contributed by atoms with Crippen LogP contribution in [-0.4, -0.2) is 52.9 Å². The molecule has 1 aromatic heterocycles. The predicted molar refractivity (Wildman–Crippen MR) is 96.2 cm³/mol. The molecule has 1 amide bonds. The van der Waals surface area contributed by atoms with Gasteiger partial charge in [-0.05, 0) is 56.5 Å². The van der Waals surface area contributed by atoms with Crippen LogP contribution >= 0.6 is 12.2 Å². The van der Waals surface area contributed by atoms with Gasteiger partial charge in [0, 0.05) is 5.56 Å². The van der Waals surface area contributed by atoms with Crippen molar-refractivity contribution < 1.29 is 9.53 Å². The van der Waals surface area contributed by atoms with Crippen LogP contribution in [0.2, 0.25) is 0 Å². The van der Waals surface area contributed by atoms with Crippen molar-refractivity contribution in [2.45, 2.75) is 19.8 Å². The van der Waals surface area contributed by atoms with Gasteiger partial charge in [-0.15, -0.1) is 0 Å². The Bertz CT molecular complexity index is 723. The number of aromatic amines is 1. The highest BCUT2D eigenvalue weighted by Gasteiger charge is 2.13. The number of benzene rings is 1. The number of rotatable bonds is 8. The number of likely N-dealkylation sites (N-methyl/N-ethyl adjacent to an activating group) is 1. The van der Waals surface area contributed by atoms with Crippen LogP contribution in [0.15, 0.2) is 24.3 Å². The van der Waals surface area contributed by atoms with E-state index in [-0.39, 0.29) is 5.91 Å². The smallest absolute Gasteiger partial charge is 0.253 e. The number of amides is 1. The quantitative estimate of drug-likeness (QED) is 0.716. The van der Waals surface area contributed by atoms with E-state index < -0.39 is 0 Å². The Morgan fingerprint density at radius 2 is 2.12 bits per heavy atom. The molecule has 0 radical (unpaired) electrons. The van der Waals surface area contributed by atoms with Gasteiger partial charge in [-0.3, -0.25) is 15.1 Å². The molecule has 8 heteroatoms. The zero-order valence-corrected chi connectivity index (χ0v) is 15.0. The van der Waals surface area contributed by atoms with Crippen molar-refractivity contribution >= 4 is 18.1 Å². The molecule has 130 valence electrons. The summed E-state index contributed by atoms with van der Waals surface area (Å²) in [7, 11) is 3.54. The molecule has 0 fully saturated rings. The Balaban J connectivity index is 2.11. The minimum atomic E-state index is -0.138. The van der Waals surface area contributed by atoms with Gasteiger partial charge in [-0.1, -0.05) is 13.3 Å². The predicted octanol–water partition coefficient (Wildman–Crippen LogP) is 2.42. The number of methoxy groups -OCH3 is 1. The summed E-state index contributed by atoms with van der Waals surface area (Å²) in [4.78, 5) is 14.2. The molecular weight excluding hydrogens is 326 g/mol. The average Bonchev–Trinajstić information content (AvgIpc) is 2.93. The first-order valence-electron chi connectivity index (χ1n) is 7.85. The van der Waals surface area contributed by atoms with Crippen molar-refractivity contribution in [2.75, 3.05) is 32.7 Å². The SMILES string of the molecule is CCCCN(C)CC(=O)Nn1c(-c2ccc(OC)cc2)n[nH]c1=S. The van der Waals surface area contributed by atoms with E-state index in [1.807, 2.05) is 36.2 Å². The van der Waals surface area contributed by atoms with E-state index in [0.29, 0.717) is 17.1 Å². The fourth-order valence-electron chi connectivity index (χ4n) is 2.25. The normalized spacial score (nSPS) is 10.8. The zero-order valence-electron chi connectivity index (χ0n) is 14.2. The monoisotopic (exact) mass is 349 g/mol. The van der Waals surface area contributed by atoms with Crippen LogP contribution in [0.1, 0.15) is 19.8 Å². The Kier molecular flexibility index (Phi) is 6.51. The molecule has 1 heterocycles. The third-order valence-electron chi connectivity index (χ3n) is 3.56. The number of aromatic nitrogens is 3. The van der Waals surface area contributed by atoms with Crippen LogP contribution in [0.3, 0.4) is 0 Å². The van der Waals surface area contributed by atoms with Crippen LogP contribution in [0.5, 0.6) is 5.75 Å². The summed E-state index contributed by atoms with van der Waals surface area (Å²) in [5.41, 5.74) is 3.62. The van der Waals surface area contributed by atoms with Crippen molar-refractivity contribution in [1.29, 1.82) is 0 Å². The standard InChI is InChI=1S/C16H23N5O2S/c1-4-5-10-20(2)11-14(22)19-21-15(17-18-16(21)24)12-6-8-13(23-3)9-7-12/h6-9H,4-5,10-11H2,1-3H3,(H,18,24)(H,19,22). The van der Waals surface area contributed by atoms with Crippen LogP contribution in [0.25, 0.3) is 11.4 Å². The fourth-order valence-corrected chi connectivity index (χ4v) is 2.42. The van der Waals surface area contributed by atoms with Crippen molar-refractivity contribution in [2.24, 2.45) is 0 Å². The molecule has 7 nitrogen and oxygen atoms in total. The number of H-pyrrole nitrogens is 1. The number of hydrogen-bond acceptors (Lipinski definition) is 5. The zero-order chi connectivity index (χ0) is 17.5. The number of nitrogens with one attached hydrogen (secondary N) is 2. The van der Waals surface area contributed by atoms with Gasteiger partial charge in [0.15, 0.2) is 5.82 Å². The molecular formula is C16H23N5O2S. The molecule has 0 atom stereocenters. The maximum atomic E-state index is 12.2. The van der Waals surface area contributed by atoms with E-state index in [4.69, 9.17) is 17.0 Å². The summed E-state index contributed by atoms with van der Waals surface area (Å²) in [5.74, 6) is 1.16. The highest BCUT2D eigenvalue weighted by molar-refractivity contribution is 7.71. The molecule has 0 unspecified atom stereocenters. The lowest BCUT2D eigenvalue weighted by atomic mass is 10.2. The summed E-state index contributed by atoms with van der Waals surface area (Å²) in [6, 6.07) is 7.38. The van der Waals surface area contributed by atoms with Gasteiger partial charge in [0.05, 0.1) is 13.7 Å². The van der Waals surface area contributed by atoms with Crippen LogP contribution < -0.4 is 10.2 Å². The summed E-state index contributed by atoms with van der Waals surface area (Å²) in [6.45, 7) is 3.31. The maximum Gasteiger partial charge on any atom is 0.253 e. The van der Waals surface area contributed by atoms with Crippen molar-refractivity contribution in [3.8, 4) is 17.1 Å². The summed E-state index contributed by atoms with van der Waals surface area (Å²) < 4.78 is 6.98. The average molecular weight is 349 g/mol. The van der Waals surface area contributed by atoms with Gasteiger partial charge in [0.2, 0.25) is 4.77 Å². The molecule has 2 aromatic rings. The number of carbonyl (C=O) groups excluding carboxylic acids is 1. The van der Waals surface area contributed by atoms with Gasteiger partial charge in [0.1, 0.15) is 5.75 Å². The summed E-state index contributed by atoms with van der Waals surface area (Å²) in [5, 5.41) is 6.91. The lowest BCUT2D eigenvalue weighted by Crippen LogP contribution is -2.34. The molecule has 2 rings (SSSR count). The minimum Gasteiger partial charge on any atom is -0.497 e. The third kappa shape index (κ3) is 4.65. The van der Waals surface area contributed by atoms with Gasteiger partial charge >= 0.3 is 0 Å². The molecule has 0 aliphatic rings. The topological polar surface area (TPSA) is 75.2 Å². The Morgan fingerprint density at radius 1 is 1.42 bits per heavy atom. The fraction of sp³-hybridized carbons (Fsp3) is 0.438. The number of carbonyl (C=O) groups is 1. The highest BCUT2D eigenvalue weighted by Crippen LogP contribution is 2.20. The van der Waals surface area contributed by atoms with E-state index in [0.717, 1.165) is 30.7 Å². The van der Waals surface area contributed by atoms with E-state index in [1.165, 1.54) is 4.68 Å². The first kappa shape index (κ1) is 18.2. The molecule has 0 aliphatic heterocycles. The van der Waals surface area contributed by atoms with Crippen LogP contribution in [0, 0.1) is 4.77 Å². The molecule has 0 bridgehead atoms. The number of nitrogens with zero attached hydrogens (tertiary/aromatic N) is 3. The molecule has 2 N–H and O–H groups in total. The molecule has 0 saturated heterocycles. The van der Waals surface area contributed by atoms with Crippen LogP contribution in [-0.2, 0) is 4.79 Å². The largest absolute Gasteiger partial charge is 0.497 e. The lowest BCUT2D eigenvalue weighted by molar-refractivity contribution is -0.118. The van der Waals surface area contributed by atoms with E-state index >= 15 is 0 Å². The highest BCUT2D eigenvalue weighted by atomic mass is 32.1. The van der Waals surface area contributed by atoms with E-state index in [2.05, 4.69) is 22.5 Å². The van der Waals surface area contributed by atoms with Crippen LogP contribution in [0.4, 0.5) is 0 Å². The van der Waals surface area contributed by atoms with Crippen molar-refractivity contribution in [3.63, 3.8) is 0 Å². The summed E-state index contributed by atoms with van der Waals surface area (Å²) in [6.07, 6.45) is 2.16. The minimum absolute atomic E-state index is 0.138. The number of unbranched alkanes of at least 4 members (excludes halogenated alkanes) is 1. The van der Waals surface area contributed by atoms with E-state index in [9.17, 15) is 4.79 Å². The first-order chi connectivity index (χ1) is 11.5. The number of hydrogen-bond donors (Lipinski definition) is 2. The summed E-state index contributed by atoms with van der Waals surface area (Å²) >= 11 is 5.22. The first-order valence-corrected chi connectivity index (χ1v) is 8.26. The van der Waals surface area contributed by atoms with E-state index in [1.54, 1.807) is 7.11 Å².